The van der Waals surface area contributed by atoms with Gasteiger partial charge in [-0.05, 0) is 35.6 Å². The van der Waals surface area contributed by atoms with E-state index in [1.54, 1.807) is 23.3 Å². The molecule has 2 amide bonds. The fourth-order valence-electron chi connectivity index (χ4n) is 4.09. The summed E-state index contributed by atoms with van der Waals surface area (Å²) in [6, 6.07) is 19.2. The SMILES string of the molecule is COCCN1C(=O)c2ccccc2[C@@H](C(=O)NCc2ccc(C)cc2)[C@H]1c1cccs1. The zero-order valence-electron chi connectivity index (χ0n) is 17.7. The van der Waals surface area contributed by atoms with E-state index in [0.29, 0.717) is 25.3 Å². The van der Waals surface area contributed by atoms with Gasteiger partial charge in [-0.15, -0.1) is 11.3 Å². The van der Waals surface area contributed by atoms with E-state index >= 15 is 0 Å². The Labute approximate surface area is 186 Å². The Morgan fingerprint density at radius 3 is 2.58 bits per heavy atom. The molecule has 0 spiro atoms. The predicted octanol–water partition coefficient (Wildman–Crippen LogP) is 4.30. The summed E-state index contributed by atoms with van der Waals surface area (Å²) in [6.45, 7) is 3.32. The fraction of sp³-hybridized carbons (Fsp3) is 0.280. The Morgan fingerprint density at radius 2 is 1.87 bits per heavy atom. The van der Waals surface area contributed by atoms with Gasteiger partial charge >= 0.3 is 0 Å². The Bertz CT molecular complexity index is 1050. The molecular weight excluding hydrogens is 408 g/mol. The number of fused-ring (bicyclic) bond motifs is 1. The third kappa shape index (κ3) is 4.40. The number of methoxy groups -OCH3 is 1. The number of carbonyl (C=O) groups is 2. The molecule has 2 aromatic carbocycles. The molecule has 0 radical (unpaired) electrons. The lowest BCUT2D eigenvalue weighted by molar-refractivity contribution is -0.124. The van der Waals surface area contributed by atoms with Crippen LogP contribution in [0.25, 0.3) is 0 Å². The van der Waals surface area contributed by atoms with E-state index in [4.69, 9.17) is 4.74 Å². The number of hydrogen-bond donors (Lipinski definition) is 1. The van der Waals surface area contributed by atoms with Crippen LogP contribution in [-0.2, 0) is 16.1 Å². The monoisotopic (exact) mass is 434 g/mol. The molecule has 3 aromatic rings. The average molecular weight is 435 g/mol. The van der Waals surface area contributed by atoms with Crippen molar-refractivity contribution in [1.82, 2.24) is 10.2 Å². The molecule has 5 nitrogen and oxygen atoms in total. The van der Waals surface area contributed by atoms with Crippen molar-refractivity contribution in [3.8, 4) is 0 Å². The molecule has 2 heterocycles. The number of rotatable bonds is 7. The van der Waals surface area contributed by atoms with Crippen LogP contribution in [0.2, 0.25) is 0 Å². The molecule has 0 unspecified atom stereocenters. The molecule has 1 aliphatic rings. The van der Waals surface area contributed by atoms with Crippen LogP contribution in [0.5, 0.6) is 0 Å². The molecule has 1 aliphatic heterocycles. The van der Waals surface area contributed by atoms with Gasteiger partial charge in [0.2, 0.25) is 5.91 Å². The molecule has 0 bridgehead atoms. The summed E-state index contributed by atoms with van der Waals surface area (Å²) < 4.78 is 5.27. The minimum atomic E-state index is -0.491. The van der Waals surface area contributed by atoms with Gasteiger partial charge in [0.15, 0.2) is 0 Å². The summed E-state index contributed by atoms with van der Waals surface area (Å²) in [5.74, 6) is -0.634. The number of aryl methyl sites for hydroxylation is 1. The van der Waals surface area contributed by atoms with Crippen molar-refractivity contribution < 1.29 is 14.3 Å². The number of nitrogens with one attached hydrogen (secondary N) is 1. The van der Waals surface area contributed by atoms with Gasteiger partial charge in [-0.2, -0.15) is 0 Å². The normalized spacial score (nSPS) is 18.0. The first-order valence-electron chi connectivity index (χ1n) is 10.4. The second-order valence-corrected chi connectivity index (χ2v) is 8.70. The number of benzene rings is 2. The van der Waals surface area contributed by atoms with E-state index < -0.39 is 5.92 Å². The molecule has 31 heavy (non-hydrogen) atoms. The zero-order valence-corrected chi connectivity index (χ0v) is 18.5. The molecule has 6 heteroatoms. The van der Waals surface area contributed by atoms with Crippen LogP contribution >= 0.6 is 11.3 Å². The number of hydrogen-bond acceptors (Lipinski definition) is 4. The molecule has 1 aromatic heterocycles. The third-order valence-electron chi connectivity index (χ3n) is 5.68. The van der Waals surface area contributed by atoms with Crippen molar-refractivity contribution in [2.45, 2.75) is 25.4 Å². The summed E-state index contributed by atoms with van der Waals surface area (Å²) in [5, 5.41) is 5.09. The maximum atomic E-state index is 13.6. The van der Waals surface area contributed by atoms with Crippen molar-refractivity contribution >= 4 is 23.2 Å². The number of nitrogens with zero attached hydrogens (tertiary/aromatic N) is 1. The lowest BCUT2D eigenvalue weighted by atomic mass is 9.81. The van der Waals surface area contributed by atoms with Crippen LogP contribution in [0.15, 0.2) is 66.0 Å². The zero-order chi connectivity index (χ0) is 21.8. The molecule has 1 N–H and O–H groups in total. The quantitative estimate of drug-likeness (QED) is 0.603. The van der Waals surface area contributed by atoms with Crippen LogP contribution < -0.4 is 5.32 Å². The Kier molecular flexibility index (Phi) is 6.49. The summed E-state index contributed by atoms with van der Waals surface area (Å²) in [5.41, 5.74) is 3.59. The minimum absolute atomic E-state index is 0.0614. The van der Waals surface area contributed by atoms with Crippen molar-refractivity contribution in [3.05, 3.63) is 93.2 Å². The number of amides is 2. The molecule has 4 rings (SSSR count). The first-order valence-corrected chi connectivity index (χ1v) is 11.2. The first kappa shape index (κ1) is 21.3. The smallest absolute Gasteiger partial charge is 0.254 e. The second kappa shape index (κ2) is 9.45. The summed E-state index contributed by atoms with van der Waals surface area (Å²) in [7, 11) is 1.62. The lowest BCUT2D eigenvalue weighted by Crippen LogP contribution is -2.48. The summed E-state index contributed by atoms with van der Waals surface area (Å²) in [6.07, 6.45) is 0. The van der Waals surface area contributed by atoms with E-state index in [1.807, 2.05) is 73.0 Å². The lowest BCUT2D eigenvalue weighted by Gasteiger charge is -2.41. The average Bonchev–Trinajstić information content (AvgIpc) is 3.32. The largest absolute Gasteiger partial charge is 0.383 e. The van der Waals surface area contributed by atoms with Crippen LogP contribution in [0.4, 0.5) is 0 Å². The standard InChI is InChI=1S/C25H26N2O3S/c1-17-9-11-18(12-10-17)16-26-24(28)22-19-6-3-4-7-20(19)25(29)27(13-14-30-2)23(22)21-8-5-15-31-21/h3-12,15,22-23H,13-14,16H2,1-2H3,(H,26,28)/t22-,23-/m1/s1. The molecular formula is C25H26N2O3S. The molecule has 0 saturated heterocycles. The van der Waals surface area contributed by atoms with Crippen LogP contribution in [0, 0.1) is 6.92 Å². The minimum Gasteiger partial charge on any atom is -0.383 e. The van der Waals surface area contributed by atoms with Gasteiger partial charge < -0.3 is 15.0 Å². The molecule has 160 valence electrons. The first-order chi connectivity index (χ1) is 15.1. The van der Waals surface area contributed by atoms with Gasteiger partial charge in [0.05, 0.1) is 18.6 Å². The highest BCUT2D eigenvalue weighted by molar-refractivity contribution is 7.10. The highest BCUT2D eigenvalue weighted by atomic mass is 32.1. The van der Waals surface area contributed by atoms with Crippen LogP contribution in [0.3, 0.4) is 0 Å². The Balaban J connectivity index is 1.70. The van der Waals surface area contributed by atoms with Gasteiger partial charge in [-0.25, -0.2) is 0 Å². The van der Waals surface area contributed by atoms with E-state index in [1.165, 1.54) is 5.56 Å². The van der Waals surface area contributed by atoms with Crippen molar-refractivity contribution in [2.24, 2.45) is 0 Å². The van der Waals surface area contributed by atoms with E-state index in [-0.39, 0.29) is 17.9 Å². The van der Waals surface area contributed by atoms with Gasteiger partial charge in [0, 0.05) is 30.6 Å². The Hall–Kier alpha value is -2.96. The fourth-order valence-corrected chi connectivity index (χ4v) is 4.97. The van der Waals surface area contributed by atoms with Crippen LogP contribution in [-0.4, -0.2) is 37.0 Å². The molecule has 0 fully saturated rings. The third-order valence-corrected chi connectivity index (χ3v) is 6.62. The maximum absolute atomic E-state index is 13.6. The van der Waals surface area contributed by atoms with Gasteiger partial charge in [-0.1, -0.05) is 54.1 Å². The molecule has 2 atom stereocenters. The number of thiophene rings is 1. The molecule has 0 saturated carbocycles. The molecule has 0 aliphatic carbocycles. The summed E-state index contributed by atoms with van der Waals surface area (Å²) in [4.78, 5) is 29.7. The van der Waals surface area contributed by atoms with Crippen LogP contribution in [0.1, 0.15) is 43.9 Å². The van der Waals surface area contributed by atoms with Crippen molar-refractivity contribution in [2.75, 3.05) is 20.3 Å². The van der Waals surface area contributed by atoms with Crippen molar-refractivity contribution in [3.63, 3.8) is 0 Å². The topological polar surface area (TPSA) is 58.6 Å². The van der Waals surface area contributed by atoms with E-state index in [2.05, 4.69) is 5.32 Å². The maximum Gasteiger partial charge on any atom is 0.254 e. The number of ether oxygens (including phenoxy) is 1. The van der Waals surface area contributed by atoms with Gasteiger partial charge in [0.25, 0.3) is 5.91 Å². The van der Waals surface area contributed by atoms with Gasteiger partial charge in [-0.3, -0.25) is 9.59 Å². The van der Waals surface area contributed by atoms with E-state index in [0.717, 1.165) is 16.0 Å². The number of carbonyl (C=O) groups excluding carboxylic acids is 2. The predicted molar refractivity (Wildman–Crippen MR) is 122 cm³/mol. The Morgan fingerprint density at radius 1 is 1.10 bits per heavy atom. The summed E-state index contributed by atoms with van der Waals surface area (Å²) >= 11 is 1.57. The van der Waals surface area contributed by atoms with Gasteiger partial charge in [0.1, 0.15) is 0 Å². The van der Waals surface area contributed by atoms with E-state index in [9.17, 15) is 9.59 Å². The second-order valence-electron chi connectivity index (χ2n) is 7.72. The highest BCUT2D eigenvalue weighted by Crippen LogP contribution is 2.44. The highest BCUT2D eigenvalue weighted by Gasteiger charge is 2.44. The van der Waals surface area contributed by atoms with Crippen molar-refractivity contribution in [1.29, 1.82) is 0 Å².